The fraction of sp³-hybridized carbons (Fsp3) is 0.750. The molecule has 0 rings (SSSR count). The van der Waals surface area contributed by atoms with Gasteiger partial charge in [0.25, 0.3) is 0 Å². The zero-order valence-corrected chi connectivity index (χ0v) is 10.3. The van der Waals surface area contributed by atoms with Crippen LogP contribution >= 0.6 is 0 Å². The average molecular weight is 212 g/mol. The summed E-state index contributed by atoms with van der Waals surface area (Å²) in [6, 6.07) is 0.256. The number of carbonyl (C=O) groups is 1. The van der Waals surface area contributed by atoms with Crippen LogP contribution in [0.15, 0.2) is 12.7 Å². The second kappa shape index (κ2) is 8.48. The normalized spacial score (nSPS) is 12.2. The average Bonchev–Trinajstić information content (AvgIpc) is 2.17. The van der Waals surface area contributed by atoms with Gasteiger partial charge in [-0.15, -0.1) is 6.58 Å². The summed E-state index contributed by atoms with van der Waals surface area (Å²) in [5.74, 6) is 0.213. The van der Waals surface area contributed by atoms with E-state index in [1.165, 1.54) is 0 Å². The Morgan fingerprint density at radius 1 is 1.53 bits per heavy atom. The lowest BCUT2D eigenvalue weighted by Crippen LogP contribution is -2.37. The van der Waals surface area contributed by atoms with Crippen molar-refractivity contribution in [3.8, 4) is 0 Å². The van der Waals surface area contributed by atoms with Crippen molar-refractivity contribution in [2.75, 3.05) is 19.6 Å². The fourth-order valence-corrected chi connectivity index (χ4v) is 1.56. The molecule has 3 nitrogen and oxygen atoms in total. The van der Waals surface area contributed by atoms with Crippen molar-refractivity contribution in [3.05, 3.63) is 12.7 Å². The first kappa shape index (κ1) is 14.2. The van der Waals surface area contributed by atoms with Gasteiger partial charge in [-0.05, 0) is 19.9 Å². The highest BCUT2D eigenvalue weighted by Crippen LogP contribution is 2.00. The monoisotopic (exact) mass is 212 g/mol. The Labute approximate surface area is 93.5 Å². The second-order valence-electron chi connectivity index (χ2n) is 3.79. The van der Waals surface area contributed by atoms with E-state index in [-0.39, 0.29) is 11.9 Å². The Bertz CT molecular complexity index is 192. The van der Waals surface area contributed by atoms with Gasteiger partial charge < -0.3 is 10.2 Å². The minimum Gasteiger partial charge on any atom is -0.339 e. The number of hydrogen-bond acceptors (Lipinski definition) is 2. The van der Waals surface area contributed by atoms with Gasteiger partial charge in [-0.3, -0.25) is 4.79 Å². The van der Waals surface area contributed by atoms with Gasteiger partial charge in [0.2, 0.25) is 5.91 Å². The Balaban J connectivity index is 4.05. The highest BCUT2D eigenvalue weighted by Gasteiger charge is 2.13. The third-order valence-corrected chi connectivity index (χ3v) is 2.23. The van der Waals surface area contributed by atoms with Crippen molar-refractivity contribution in [1.29, 1.82) is 0 Å². The lowest BCUT2D eigenvalue weighted by molar-refractivity contribution is -0.131. The SMILES string of the molecule is C=CCN(CCC)C(=O)CC(C)NCC. The molecule has 0 aromatic heterocycles. The van der Waals surface area contributed by atoms with Gasteiger partial charge in [0, 0.05) is 25.6 Å². The van der Waals surface area contributed by atoms with E-state index in [0.29, 0.717) is 13.0 Å². The largest absolute Gasteiger partial charge is 0.339 e. The van der Waals surface area contributed by atoms with Crippen molar-refractivity contribution < 1.29 is 4.79 Å². The van der Waals surface area contributed by atoms with Crippen molar-refractivity contribution in [2.45, 2.75) is 39.7 Å². The van der Waals surface area contributed by atoms with E-state index in [1.54, 1.807) is 6.08 Å². The first-order valence-corrected chi connectivity index (χ1v) is 5.77. The lowest BCUT2D eigenvalue weighted by Gasteiger charge is -2.22. The molecule has 0 spiro atoms. The minimum absolute atomic E-state index is 0.213. The molecule has 88 valence electrons. The number of carbonyl (C=O) groups excluding carboxylic acids is 1. The van der Waals surface area contributed by atoms with E-state index in [9.17, 15) is 4.79 Å². The van der Waals surface area contributed by atoms with E-state index in [4.69, 9.17) is 0 Å². The van der Waals surface area contributed by atoms with E-state index in [1.807, 2.05) is 11.8 Å². The van der Waals surface area contributed by atoms with Crippen LogP contribution in [0.4, 0.5) is 0 Å². The van der Waals surface area contributed by atoms with E-state index < -0.39 is 0 Å². The molecule has 1 amide bonds. The topological polar surface area (TPSA) is 32.3 Å². The summed E-state index contributed by atoms with van der Waals surface area (Å²) in [6.07, 6.45) is 3.35. The molecule has 1 N–H and O–H groups in total. The summed E-state index contributed by atoms with van der Waals surface area (Å²) in [7, 11) is 0. The van der Waals surface area contributed by atoms with Crippen LogP contribution in [0.2, 0.25) is 0 Å². The maximum Gasteiger partial charge on any atom is 0.224 e. The first-order chi connectivity index (χ1) is 7.15. The van der Waals surface area contributed by atoms with Gasteiger partial charge in [-0.1, -0.05) is 19.9 Å². The van der Waals surface area contributed by atoms with Gasteiger partial charge in [-0.25, -0.2) is 0 Å². The summed E-state index contributed by atoms with van der Waals surface area (Å²) < 4.78 is 0. The molecule has 0 bridgehead atoms. The number of nitrogens with zero attached hydrogens (tertiary/aromatic N) is 1. The lowest BCUT2D eigenvalue weighted by atomic mass is 10.2. The summed E-state index contributed by atoms with van der Waals surface area (Å²) in [5.41, 5.74) is 0. The highest BCUT2D eigenvalue weighted by atomic mass is 16.2. The molecule has 0 radical (unpaired) electrons. The van der Waals surface area contributed by atoms with Crippen LogP contribution in [-0.2, 0) is 4.79 Å². The Morgan fingerprint density at radius 2 is 2.20 bits per heavy atom. The maximum atomic E-state index is 11.8. The molecule has 15 heavy (non-hydrogen) atoms. The number of rotatable bonds is 8. The van der Waals surface area contributed by atoms with Crippen LogP contribution in [-0.4, -0.2) is 36.5 Å². The Kier molecular flexibility index (Phi) is 8.01. The molecule has 1 atom stereocenters. The standard InChI is InChI=1S/C12H24N2O/c1-5-8-14(9-6-2)12(15)10-11(4)13-7-3/h5,11,13H,1,6-10H2,2-4H3. The molecule has 0 saturated carbocycles. The van der Waals surface area contributed by atoms with Crippen LogP contribution in [0.25, 0.3) is 0 Å². The third-order valence-electron chi connectivity index (χ3n) is 2.23. The Morgan fingerprint density at radius 3 is 2.67 bits per heavy atom. The molecule has 3 heteroatoms. The fourth-order valence-electron chi connectivity index (χ4n) is 1.56. The number of nitrogens with one attached hydrogen (secondary N) is 1. The van der Waals surface area contributed by atoms with Crippen molar-refractivity contribution >= 4 is 5.91 Å². The minimum atomic E-state index is 0.213. The van der Waals surface area contributed by atoms with Crippen LogP contribution in [0.1, 0.15) is 33.6 Å². The first-order valence-electron chi connectivity index (χ1n) is 5.77. The molecule has 0 aromatic carbocycles. The molecule has 0 fully saturated rings. The Hall–Kier alpha value is -0.830. The van der Waals surface area contributed by atoms with Gasteiger partial charge in [-0.2, -0.15) is 0 Å². The van der Waals surface area contributed by atoms with Gasteiger partial charge >= 0.3 is 0 Å². The van der Waals surface area contributed by atoms with Crippen LogP contribution in [0.5, 0.6) is 0 Å². The smallest absolute Gasteiger partial charge is 0.224 e. The molecule has 0 saturated heterocycles. The molecule has 0 aliphatic heterocycles. The summed E-state index contributed by atoms with van der Waals surface area (Å²) in [5, 5.41) is 3.24. The zero-order valence-electron chi connectivity index (χ0n) is 10.3. The molecule has 0 aromatic rings. The molecule has 1 unspecified atom stereocenters. The zero-order chi connectivity index (χ0) is 11.7. The van der Waals surface area contributed by atoms with Crippen LogP contribution in [0, 0.1) is 0 Å². The van der Waals surface area contributed by atoms with E-state index in [0.717, 1.165) is 19.5 Å². The quantitative estimate of drug-likeness (QED) is 0.622. The summed E-state index contributed by atoms with van der Waals surface area (Å²) in [4.78, 5) is 13.7. The van der Waals surface area contributed by atoms with Gasteiger partial charge in [0.05, 0.1) is 0 Å². The predicted octanol–water partition coefficient (Wildman–Crippen LogP) is 1.80. The third kappa shape index (κ3) is 6.28. The highest BCUT2D eigenvalue weighted by molar-refractivity contribution is 5.76. The van der Waals surface area contributed by atoms with Crippen LogP contribution < -0.4 is 5.32 Å². The van der Waals surface area contributed by atoms with Crippen molar-refractivity contribution in [1.82, 2.24) is 10.2 Å². The number of amides is 1. The van der Waals surface area contributed by atoms with Gasteiger partial charge in [0.1, 0.15) is 0 Å². The van der Waals surface area contributed by atoms with E-state index in [2.05, 4.69) is 25.7 Å². The van der Waals surface area contributed by atoms with E-state index >= 15 is 0 Å². The summed E-state index contributed by atoms with van der Waals surface area (Å²) >= 11 is 0. The molecular formula is C12H24N2O. The molecule has 0 aliphatic carbocycles. The number of hydrogen-bond donors (Lipinski definition) is 1. The molecule has 0 heterocycles. The van der Waals surface area contributed by atoms with Gasteiger partial charge in [0.15, 0.2) is 0 Å². The maximum absolute atomic E-state index is 11.8. The second-order valence-corrected chi connectivity index (χ2v) is 3.79. The summed E-state index contributed by atoms with van der Waals surface area (Å²) in [6.45, 7) is 12.2. The van der Waals surface area contributed by atoms with Crippen LogP contribution in [0.3, 0.4) is 0 Å². The molecule has 0 aliphatic rings. The van der Waals surface area contributed by atoms with Crippen molar-refractivity contribution in [3.63, 3.8) is 0 Å². The predicted molar refractivity (Wildman–Crippen MR) is 64.8 cm³/mol. The molecular weight excluding hydrogens is 188 g/mol. The van der Waals surface area contributed by atoms with Crippen molar-refractivity contribution in [2.24, 2.45) is 0 Å².